The quantitative estimate of drug-likeness (QED) is 0.629. The predicted octanol–water partition coefficient (Wildman–Crippen LogP) is 4.28. The molecule has 1 aromatic carbocycles. The summed E-state index contributed by atoms with van der Waals surface area (Å²) in [5, 5.41) is 13.9. The van der Waals surface area contributed by atoms with Crippen molar-refractivity contribution in [3.8, 4) is 10.4 Å². The smallest absolute Gasteiger partial charge is 0.240 e. The van der Waals surface area contributed by atoms with Gasteiger partial charge in [0.05, 0.1) is 9.92 Å². The van der Waals surface area contributed by atoms with E-state index in [2.05, 4.69) is 4.72 Å². The van der Waals surface area contributed by atoms with Crippen LogP contribution in [-0.4, -0.2) is 20.1 Å². The highest BCUT2D eigenvalue weighted by atomic mass is 35.5. The zero-order chi connectivity index (χ0) is 18.0. The second kappa shape index (κ2) is 7.53. The van der Waals surface area contributed by atoms with Crippen LogP contribution in [0.25, 0.3) is 10.4 Å². The minimum atomic E-state index is -3.89. The largest absolute Gasteiger partial charge is 0.386 e. The molecule has 0 saturated heterocycles. The van der Waals surface area contributed by atoms with Crippen LogP contribution in [0.2, 0.25) is 5.02 Å². The molecule has 0 aliphatic heterocycles. The first kappa shape index (κ1) is 18.5. The van der Waals surface area contributed by atoms with Crippen molar-refractivity contribution in [1.29, 1.82) is 0 Å². The van der Waals surface area contributed by atoms with Crippen LogP contribution in [0.5, 0.6) is 0 Å². The number of rotatable bonds is 6. The molecule has 25 heavy (non-hydrogen) atoms. The molecular formula is C16H13ClFNO3S3. The van der Waals surface area contributed by atoms with E-state index in [9.17, 15) is 17.9 Å². The molecule has 0 saturated carbocycles. The molecule has 9 heteroatoms. The molecule has 3 rings (SSSR count). The van der Waals surface area contributed by atoms with E-state index in [0.717, 1.165) is 28.6 Å². The van der Waals surface area contributed by atoms with E-state index in [1.165, 1.54) is 11.3 Å². The van der Waals surface area contributed by atoms with Crippen LogP contribution in [0.15, 0.2) is 52.1 Å². The molecule has 1 unspecified atom stereocenters. The summed E-state index contributed by atoms with van der Waals surface area (Å²) < 4.78 is 39.9. The Balaban J connectivity index is 1.69. The summed E-state index contributed by atoms with van der Waals surface area (Å²) in [7, 11) is -3.89. The summed E-state index contributed by atoms with van der Waals surface area (Å²) in [6.45, 7) is -0.194. The Kier molecular flexibility index (Phi) is 5.57. The number of hydrogen-bond acceptors (Lipinski definition) is 5. The summed E-state index contributed by atoms with van der Waals surface area (Å²) in [4.78, 5) is 1.50. The fourth-order valence-electron chi connectivity index (χ4n) is 2.11. The van der Waals surface area contributed by atoms with E-state index in [1.54, 1.807) is 17.4 Å². The number of aliphatic hydroxyl groups is 1. The third-order valence-electron chi connectivity index (χ3n) is 3.43. The summed E-state index contributed by atoms with van der Waals surface area (Å²) in [6.07, 6.45) is -0.983. The first-order chi connectivity index (χ1) is 11.9. The van der Waals surface area contributed by atoms with Gasteiger partial charge in [0.25, 0.3) is 0 Å². The molecule has 3 aromatic rings. The molecule has 0 radical (unpaired) electrons. The van der Waals surface area contributed by atoms with Crippen molar-refractivity contribution < 1.29 is 17.9 Å². The van der Waals surface area contributed by atoms with Gasteiger partial charge in [0, 0.05) is 21.9 Å². The molecule has 2 heterocycles. The molecular weight excluding hydrogens is 405 g/mol. The fraction of sp³-hybridized carbons (Fsp3) is 0.125. The molecule has 0 aliphatic rings. The zero-order valence-corrected chi connectivity index (χ0v) is 15.9. The number of aliphatic hydroxyl groups excluding tert-OH is 1. The van der Waals surface area contributed by atoms with Crippen LogP contribution in [0, 0.1) is 5.82 Å². The first-order valence-electron chi connectivity index (χ1n) is 7.12. The predicted molar refractivity (Wildman–Crippen MR) is 99.2 cm³/mol. The van der Waals surface area contributed by atoms with E-state index in [4.69, 9.17) is 11.6 Å². The van der Waals surface area contributed by atoms with Gasteiger partial charge >= 0.3 is 0 Å². The monoisotopic (exact) mass is 417 g/mol. The molecule has 0 amide bonds. The maximum absolute atomic E-state index is 13.2. The van der Waals surface area contributed by atoms with Crippen molar-refractivity contribution in [1.82, 2.24) is 4.72 Å². The lowest BCUT2D eigenvalue weighted by molar-refractivity contribution is 0.186. The summed E-state index contributed by atoms with van der Waals surface area (Å²) in [6, 6.07) is 8.78. The van der Waals surface area contributed by atoms with Crippen molar-refractivity contribution in [2.45, 2.75) is 11.0 Å². The Morgan fingerprint density at radius 3 is 2.72 bits per heavy atom. The van der Waals surface area contributed by atoms with Gasteiger partial charge in [-0.2, -0.15) is 11.3 Å². The normalized spacial score (nSPS) is 13.1. The van der Waals surface area contributed by atoms with Crippen molar-refractivity contribution in [3.05, 3.63) is 62.9 Å². The minimum absolute atomic E-state index is 0.156. The van der Waals surface area contributed by atoms with Gasteiger partial charge in [0.2, 0.25) is 10.0 Å². The average molecular weight is 418 g/mol. The number of thiophene rings is 2. The van der Waals surface area contributed by atoms with Crippen molar-refractivity contribution >= 4 is 44.3 Å². The minimum Gasteiger partial charge on any atom is -0.386 e. The Bertz CT molecular complexity index is 970. The number of sulfonamides is 1. The van der Waals surface area contributed by atoms with E-state index in [1.807, 2.05) is 22.9 Å². The van der Waals surface area contributed by atoms with Gasteiger partial charge in [-0.15, -0.1) is 11.3 Å². The summed E-state index contributed by atoms with van der Waals surface area (Å²) in [5.74, 6) is -0.694. The molecule has 0 aliphatic carbocycles. The van der Waals surface area contributed by atoms with E-state index >= 15 is 0 Å². The number of hydrogen-bond donors (Lipinski definition) is 2. The van der Waals surface area contributed by atoms with Gasteiger partial charge in [0.1, 0.15) is 11.9 Å². The fourth-order valence-corrected chi connectivity index (χ4v) is 5.14. The second-order valence-corrected chi connectivity index (χ2v) is 9.23. The van der Waals surface area contributed by atoms with E-state index in [0.29, 0.717) is 4.88 Å². The first-order valence-corrected chi connectivity index (χ1v) is 10.7. The highest BCUT2D eigenvalue weighted by Gasteiger charge is 2.19. The maximum atomic E-state index is 13.2. The Hall–Kier alpha value is -1.29. The topological polar surface area (TPSA) is 66.4 Å². The molecule has 0 spiro atoms. The molecule has 4 nitrogen and oxygen atoms in total. The van der Waals surface area contributed by atoms with Gasteiger partial charge in [0.15, 0.2) is 0 Å². The van der Waals surface area contributed by atoms with Gasteiger partial charge in [-0.3, -0.25) is 0 Å². The van der Waals surface area contributed by atoms with Crippen molar-refractivity contribution in [2.75, 3.05) is 6.54 Å². The number of nitrogens with one attached hydrogen (secondary N) is 1. The summed E-state index contributed by atoms with van der Waals surface area (Å²) >= 11 is 8.60. The van der Waals surface area contributed by atoms with Gasteiger partial charge in [-0.05, 0) is 47.2 Å². The molecule has 1 atom stereocenters. The SMILES string of the molecule is O=S(=O)(NCC(O)c1ccc(-c2ccsc2)s1)c1ccc(F)c(Cl)c1. The molecule has 132 valence electrons. The standard InChI is InChI=1S/C16H13ClFNO3S3/c17-12-7-11(1-2-13(12)18)25(21,22)19-8-14(20)16-4-3-15(24-16)10-5-6-23-9-10/h1-7,9,14,19-20H,8H2. The van der Waals surface area contributed by atoms with E-state index in [-0.39, 0.29) is 16.5 Å². The lowest BCUT2D eigenvalue weighted by Crippen LogP contribution is -2.28. The third-order valence-corrected chi connectivity index (χ3v) is 7.06. The molecule has 2 aromatic heterocycles. The Morgan fingerprint density at radius 1 is 1.24 bits per heavy atom. The van der Waals surface area contributed by atoms with E-state index < -0.39 is 21.9 Å². The molecule has 0 fully saturated rings. The number of benzene rings is 1. The van der Waals surface area contributed by atoms with Crippen LogP contribution in [-0.2, 0) is 10.0 Å². The van der Waals surface area contributed by atoms with Crippen LogP contribution in [0.3, 0.4) is 0 Å². The third kappa shape index (κ3) is 4.28. The van der Waals surface area contributed by atoms with Crippen LogP contribution >= 0.6 is 34.3 Å². The lowest BCUT2D eigenvalue weighted by Gasteiger charge is -2.11. The highest BCUT2D eigenvalue weighted by molar-refractivity contribution is 7.89. The Labute approximate surface area is 157 Å². The molecule has 2 N–H and O–H groups in total. The van der Waals surface area contributed by atoms with Crippen molar-refractivity contribution in [2.24, 2.45) is 0 Å². The molecule has 0 bridgehead atoms. The van der Waals surface area contributed by atoms with Crippen LogP contribution in [0.1, 0.15) is 11.0 Å². The van der Waals surface area contributed by atoms with Crippen molar-refractivity contribution in [3.63, 3.8) is 0 Å². The maximum Gasteiger partial charge on any atom is 0.240 e. The number of halogens is 2. The average Bonchev–Trinajstić information content (AvgIpc) is 3.26. The van der Waals surface area contributed by atoms with Gasteiger partial charge in [-0.25, -0.2) is 17.5 Å². The van der Waals surface area contributed by atoms with Gasteiger partial charge < -0.3 is 5.11 Å². The second-order valence-electron chi connectivity index (χ2n) is 5.16. The summed E-state index contributed by atoms with van der Waals surface area (Å²) in [5.41, 5.74) is 1.06. The van der Waals surface area contributed by atoms with Crippen LogP contribution < -0.4 is 4.72 Å². The lowest BCUT2D eigenvalue weighted by atomic mass is 10.2. The van der Waals surface area contributed by atoms with Gasteiger partial charge in [-0.1, -0.05) is 11.6 Å². The highest BCUT2D eigenvalue weighted by Crippen LogP contribution is 2.32. The van der Waals surface area contributed by atoms with Crippen LogP contribution in [0.4, 0.5) is 4.39 Å². The zero-order valence-electron chi connectivity index (χ0n) is 12.6. The Morgan fingerprint density at radius 2 is 2.04 bits per heavy atom.